The number of urea groups is 2. The molecule has 2 aliphatic rings. The van der Waals surface area contributed by atoms with Gasteiger partial charge in [-0.1, -0.05) is 76.2 Å². The van der Waals surface area contributed by atoms with Crippen LogP contribution < -0.4 is 46.2 Å². The second-order valence-electron chi connectivity index (χ2n) is 18.0. The molecular weight excluding hydrogens is 887 g/mol. The molecule has 69 heavy (non-hydrogen) atoms. The highest BCUT2D eigenvalue weighted by molar-refractivity contribution is 5.90. The van der Waals surface area contributed by atoms with Crippen molar-refractivity contribution in [1.29, 1.82) is 0 Å². The van der Waals surface area contributed by atoms with Crippen LogP contribution in [0.3, 0.4) is 0 Å². The zero-order chi connectivity index (χ0) is 49.6. The van der Waals surface area contributed by atoms with Gasteiger partial charge in [0.15, 0.2) is 11.5 Å². The van der Waals surface area contributed by atoms with E-state index in [4.69, 9.17) is 23.7 Å². The minimum absolute atomic E-state index is 0.0817. The SMILES string of the molecule is COc1ccc(COc2ccc(CN(C[C@H](CCc3ccccc3)NC(=O)[C@@](O)(NC(=O)NCCN3CCOCC3)C(C)C)NC(=O)[C@@H](NC(=O)NCCN3CCOCC3)C(C)C)cc2)cc1OC. The first-order valence-electron chi connectivity index (χ1n) is 24.0. The molecule has 0 saturated carbocycles. The normalized spacial score (nSPS) is 16.2. The molecular formula is C50H75N9O10. The lowest BCUT2D eigenvalue weighted by Crippen LogP contribution is -2.66. The highest BCUT2D eigenvalue weighted by Gasteiger charge is 2.42. The van der Waals surface area contributed by atoms with Gasteiger partial charge < -0.3 is 55.4 Å². The first-order valence-corrected chi connectivity index (χ1v) is 24.0. The molecule has 5 rings (SSSR count). The molecule has 3 aromatic rings. The van der Waals surface area contributed by atoms with E-state index in [0.717, 1.165) is 42.9 Å². The highest BCUT2D eigenvalue weighted by Crippen LogP contribution is 2.28. The molecule has 0 aliphatic carbocycles. The van der Waals surface area contributed by atoms with Gasteiger partial charge in [0.05, 0.1) is 40.6 Å². The first kappa shape index (κ1) is 54.2. The average Bonchev–Trinajstić information content (AvgIpc) is 3.35. The van der Waals surface area contributed by atoms with Crippen molar-refractivity contribution in [3.05, 3.63) is 89.5 Å². The number of hydrazine groups is 1. The van der Waals surface area contributed by atoms with Crippen molar-refractivity contribution < 1.29 is 48.0 Å². The molecule has 6 amide bonds. The van der Waals surface area contributed by atoms with E-state index in [1.165, 1.54) is 0 Å². The van der Waals surface area contributed by atoms with Crippen molar-refractivity contribution in [3.63, 3.8) is 0 Å². The van der Waals surface area contributed by atoms with Crippen LogP contribution in [0, 0.1) is 11.8 Å². The molecule has 0 unspecified atom stereocenters. The van der Waals surface area contributed by atoms with E-state index in [9.17, 15) is 24.3 Å². The fourth-order valence-corrected chi connectivity index (χ4v) is 7.89. The van der Waals surface area contributed by atoms with Crippen molar-refractivity contribution in [2.45, 2.75) is 71.5 Å². The molecule has 0 bridgehead atoms. The lowest BCUT2D eigenvalue weighted by molar-refractivity contribution is -0.148. The number of hydrogen-bond acceptors (Lipinski definition) is 13. The molecule has 0 aromatic heterocycles. The summed E-state index contributed by atoms with van der Waals surface area (Å²) in [7, 11) is 3.16. The molecule has 2 fully saturated rings. The number of nitrogens with zero attached hydrogens (tertiary/aromatic N) is 3. The monoisotopic (exact) mass is 962 g/mol. The average molecular weight is 962 g/mol. The third kappa shape index (κ3) is 18.0. The van der Waals surface area contributed by atoms with E-state index in [0.29, 0.717) is 82.7 Å². The molecule has 2 heterocycles. The summed E-state index contributed by atoms with van der Waals surface area (Å²) in [4.78, 5) is 59.4. The van der Waals surface area contributed by atoms with Crippen LogP contribution >= 0.6 is 0 Å². The van der Waals surface area contributed by atoms with Crippen LogP contribution in [0.2, 0.25) is 0 Å². The fraction of sp³-hybridized carbons (Fsp3) is 0.560. The molecule has 380 valence electrons. The van der Waals surface area contributed by atoms with E-state index in [1.54, 1.807) is 33.1 Å². The predicted octanol–water partition coefficient (Wildman–Crippen LogP) is 2.87. The number of methoxy groups -OCH3 is 2. The molecule has 0 spiro atoms. The quantitative estimate of drug-likeness (QED) is 0.0456. The van der Waals surface area contributed by atoms with E-state index in [-0.39, 0.29) is 25.6 Å². The third-order valence-corrected chi connectivity index (χ3v) is 12.2. The number of ether oxygens (including phenoxy) is 5. The number of aryl methyl sites for hydroxylation is 1. The first-order chi connectivity index (χ1) is 33.3. The van der Waals surface area contributed by atoms with E-state index < -0.39 is 47.6 Å². The van der Waals surface area contributed by atoms with Crippen LogP contribution in [0.4, 0.5) is 9.59 Å². The fourth-order valence-electron chi connectivity index (χ4n) is 7.89. The molecule has 7 N–H and O–H groups in total. The van der Waals surface area contributed by atoms with Crippen LogP contribution in [-0.4, -0.2) is 161 Å². The van der Waals surface area contributed by atoms with E-state index >= 15 is 0 Å². The van der Waals surface area contributed by atoms with E-state index in [2.05, 4.69) is 41.8 Å². The Labute approximate surface area is 407 Å². The van der Waals surface area contributed by atoms with E-state index in [1.807, 2.05) is 86.6 Å². The molecule has 2 aliphatic heterocycles. The van der Waals surface area contributed by atoms with Gasteiger partial charge in [0.25, 0.3) is 11.8 Å². The number of amides is 6. The van der Waals surface area contributed by atoms with Gasteiger partial charge in [0.2, 0.25) is 5.72 Å². The third-order valence-electron chi connectivity index (χ3n) is 12.2. The Balaban J connectivity index is 1.33. The van der Waals surface area contributed by atoms with Gasteiger partial charge in [-0.05, 0) is 59.7 Å². The predicted molar refractivity (Wildman–Crippen MR) is 262 cm³/mol. The summed E-state index contributed by atoms with van der Waals surface area (Å²) in [5, 5.41) is 27.7. The van der Waals surface area contributed by atoms with Gasteiger partial charge in [-0.2, -0.15) is 0 Å². The van der Waals surface area contributed by atoms with Gasteiger partial charge in [-0.25, -0.2) is 14.6 Å². The summed E-state index contributed by atoms with van der Waals surface area (Å²) >= 11 is 0. The maximum atomic E-state index is 14.3. The van der Waals surface area contributed by atoms with Gasteiger partial charge in [0.1, 0.15) is 18.4 Å². The Morgan fingerprint density at radius 3 is 1.91 bits per heavy atom. The molecule has 19 heteroatoms. The molecule has 3 aromatic carbocycles. The van der Waals surface area contributed by atoms with Gasteiger partial charge in [-0.15, -0.1) is 0 Å². The van der Waals surface area contributed by atoms with Crippen LogP contribution in [0.25, 0.3) is 0 Å². The van der Waals surface area contributed by atoms with Crippen molar-refractivity contribution in [2.75, 3.05) is 99.5 Å². The Kier molecular flexibility index (Phi) is 22.1. The Morgan fingerprint density at radius 1 is 0.739 bits per heavy atom. The summed E-state index contributed by atoms with van der Waals surface area (Å²) in [5.74, 6) is -0.432. The molecule has 2 saturated heterocycles. The van der Waals surface area contributed by atoms with Crippen LogP contribution in [0.5, 0.6) is 17.2 Å². The van der Waals surface area contributed by atoms with Crippen molar-refractivity contribution in [1.82, 2.24) is 46.8 Å². The number of hydrogen-bond donors (Lipinski definition) is 7. The summed E-state index contributed by atoms with van der Waals surface area (Å²) in [6.45, 7) is 15.1. The van der Waals surface area contributed by atoms with Gasteiger partial charge in [0, 0.05) is 77.4 Å². The number of aliphatic hydroxyl groups is 1. The van der Waals surface area contributed by atoms with Crippen molar-refractivity contribution >= 4 is 23.9 Å². The number of carbonyl (C=O) groups excluding carboxylic acids is 4. The summed E-state index contributed by atoms with van der Waals surface area (Å²) < 4.78 is 27.8. The largest absolute Gasteiger partial charge is 0.493 e. The number of rotatable bonds is 26. The van der Waals surface area contributed by atoms with Crippen molar-refractivity contribution in [2.24, 2.45) is 11.8 Å². The Hall–Kier alpha value is -5.70. The van der Waals surface area contributed by atoms with Crippen molar-refractivity contribution in [3.8, 4) is 17.2 Å². The number of carbonyl (C=O) groups is 4. The highest BCUT2D eigenvalue weighted by atomic mass is 16.5. The smallest absolute Gasteiger partial charge is 0.317 e. The second kappa shape index (κ2) is 28.1. The number of morpholine rings is 2. The Bertz CT molecular complexity index is 2030. The maximum Gasteiger partial charge on any atom is 0.317 e. The standard InChI is InChI=1S/C50H75N9O10/c1-36(2)45(54-48(62)51-20-22-57-24-28-67-29-25-57)46(60)56-59(33-39-13-17-42(18-14-39)69-35-40-15-19-43(65-5)44(32-40)66-6)34-41(16-12-38-10-8-7-9-11-38)53-47(61)50(64,37(3)4)55-49(63)52-21-23-58-26-30-68-31-27-58/h7-11,13-15,17-19,32,36-37,41,45,64H,12,16,20-31,33-35H2,1-6H3,(H,53,61)(H,56,60)(H2,51,54,62)(H2,52,55,63)/t41-,45-,50+/m0/s1. The lowest BCUT2D eigenvalue weighted by atomic mass is 9.97. The summed E-state index contributed by atoms with van der Waals surface area (Å²) in [6, 6.07) is 20.1. The minimum atomic E-state index is -2.28. The minimum Gasteiger partial charge on any atom is -0.493 e. The summed E-state index contributed by atoms with van der Waals surface area (Å²) in [6.07, 6.45) is 0.957. The number of benzene rings is 3. The maximum absolute atomic E-state index is 14.3. The number of nitrogens with one attached hydrogen (secondary N) is 6. The zero-order valence-corrected chi connectivity index (χ0v) is 41.2. The Morgan fingerprint density at radius 2 is 1.33 bits per heavy atom. The second-order valence-corrected chi connectivity index (χ2v) is 18.0. The molecule has 19 nitrogen and oxygen atoms in total. The molecule has 0 radical (unpaired) electrons. The van der Waals surface area contributed by atoms with Crippen LogP contribution in [0.15, 0.2) is 72.8 Å². The van der Waals surface area contributed by atoms with Crippen LogP contribution in [-0.2, 0) is 38.6 Å². The van der Waals surface area contributed by atoms with Gasteiger partial charge >= 0.3 is 12.1 Å². The van der Waals surface area contributed by atoms with Crippen LogP contribution in [0.1, 0.15) is 50.8 Å². The zero-order valence-electron chi connectivity index (χ0n) is 41.2. The van der Waals surface area contributed by atoms with Gasteiger partial charge in [-0.3, -0.25) is 24.8 Å². The lowest BCUT2D eigenvalue weighted by Gasteiger charge is -2.35. The molecule has 3 atom stereocenters. The topological polar surface area (TPSA) is 217 Å². The summed E-state index contributed by atoms with van der Waals surface area (Å²) in [5.41, 5.74) is 3.50.